The number of aryl methyl sites for hydroxylation is 1. The minimum atomic E-state index is 0.0418. The van der Waals surface area contributed by atoms with E-state index in [1.54, 1.807) is 0 Å². The van der Waals surface area contributed by atoms with E-state index >= 15 is 0 Å². The van der Waals surface area contributed by atoms with Gasteiger partial charge in [-0.2, -0.15) is 0 Å². The zero-order valence-corrected chi connectivity index (χ0v) is 13.2. The van der Waals surface area contributed by atoms with Crippen LogP contribution in [0.2, 0.25) is 0 Å². The Morgan fingerprint density at radius 3 is 2.95 bits per heavy atom. The summed E-state index contributed by atoms with van der Waals surface area (Å²) in [6, 6.07) is 6.21. The lowest BCUT2D eigenvalue weighted by atomic mass is 9.91. The lowest BCUT2D eigenvalue weighted by Gasteiger charge is -2.34. The van der Waals surface area contributed by atoms with Crippen molar-refractivity contribution in [2.75, 3.05) is 24.2 Å². The smallest absolute Gasteiger partial charge is 0.227 e. The fraction of sp³-hybridized carbons (Fsp3) is 0.529. The van der Waals surface area contributed by atoms with Gasteiger partial charge in [-0.25, -0.2) is 0 Å². The third kappa shape index (κ3) is 3.14. The number of anilines is 2. The van der Waals surface area contributed by atoms with Gasteiger partial charge in [0, 0.05) is 29.8 Å². The van der Waals surface area contributed by atoms with Crippen LogP contribution in [-0.2, 0) is 16.0 Å². The van der Waals surface area contributed by atoms with Crippen LogP contribution in [0.25, 0.3) is 0 Å². The molecule has 1 aromatic rings. The topological polar surface area (TPSA) is 61.4 Å². The van der Waals surface area contributed by atoms with Gasteiger partial charge in [-0.15, -0.1) is 0 Å². The van der Waals surface area contributed by atoms with Crippen LogP contribution < -0.4 is 10.6 Å². The van der Waals surface area contributed by atoms with Crippen molar-refractivity contribution < 1.29 is 9.59 Å². The molecule has 22 heavy (non-hydrogen) atoms. The molecule has 1 saturated heterocycles. The van der Waals surface area contributed by atoms with E-state index < -0.39 is 0 Å². The summed E-state index contributed by atoms with van der Waals surface area (Å²) < 4.78 is 0. The van der Waals surface area contributed by atoms with E-state index in [1.807, 2.05) is 18.2 Å². The van der Waals surface area contributed by atoms with Gasteiger partial charge in [0.15, 0.2) is 0 Å². The third-order valence-corrected chi connectivity index (χ3v) is 4.85. The Balaban J connectivity index is 1.67. The Kier molecular flexibility index (Phi) is 4.16. The monoisotopic (exact) mass is 301 g/mol. The van der Waals surface area contributed by atoms with E-state index in [0.29, 0.717) is 12.5 Å². The van der Waals surface area contributed by atoms with Crippen molar-refractivity contribution in [3.05, 3.63) is 23.8 Å². The van der Waals surface area contributed by atoms with Crippen molar-refractivity contribution in [2.45, 2.75) is 38.6 Å². The number of piperidine rings is 1. The van der Waals surface area contributed by atoms with Gasteiger partial charge in [0.2, 0.25) is 11.8 Å². The summed E-state index contributed by atoms with van der Waals surface area (Å²) in [5, 5.41) is 5.87. The molecule has 3 rings (SSSR count). The number of nitrogens with one attached hydrogen (secondary N) is 2. The summed E-state index contributed by atoms with van der Waals surface area (Å²) in [6.07, 6.45) is 3.09. The summed E-state index contributed by atoms with van der Waals surface area (Å²) >= 11 is 0. The van der Waals surface area contributed by atoms with Gasteiger partial charge in [-0.05, 0) is 57.5 Å². The molecule has 0 bridgehead atoms. The number of nitrogens with zero attached hydrogens (tertiary/aromatic N) is 1. The van der Waals surface area contributed by atoms with Gasteiger partial charge >= 0.3 is 0 Å². The van der Waals surface area contributed by atoms with Crippen LogP contribution in [0.15, 0.2) is 18.2 Å². The highest BCUT2D eigenvalue weighted by Gasteiger charge is 2.28. The fourth-order valence-corrected chi connectivity index (χ4v) is 3.22. The maximum Gasteiger partial charge on any atom is 0.227 e. The Hall–Kier alpha value is -1.88. The van der Waals surface area contributed by atoms with Gasteiger partial charge in [0.05, 0.1) is 0 Å². The van der Waals surface area contributed by atoms with E-state index in [4.69, 9.17) is 0 Å². The molecule has 5 nitrogen and oxygen atoms in total. The van der Waals surface area contributed by atoms with E-state index in [2.05, 4.69) is 29.5 Å². The number of amides is 2. The maximum absolute atomic E-state index is 12.4. The zero-order valence-electron chi connectivity index (χ0n) is 13.2. The Labute approximate surface area is 131 Å². The van der Waals surface area contributed by atoms with E-state index in [0.717, 1.165) is 42.7 Å². The summed E-state index contributed by atoms with van der Waals surface area (Å²) in [5.41, 5.74) is 2.72. The Bertz CT molecular complexity index is 600. The van der Waals surface area contributed by atoms with Crippen molar-refractivity contribution in [2.24, 2.45) is 5.92 Å². The molecule has 1 fully saturated rings. The van der Waals surface area contributed by atoms with Crippen LogP contribution in [0.1, 0.15) is 31.7 Å². The Morgan fingerprint density at radius 1 is 1.36 bits per heavy atom. The first-order valence-corrected chi connectivity index (χ1v) is 7.97. The van der Waals surface area contributed by atoms with Crippen molar-refractivity contribution in [3.63, 3.8) is 0 Å². The van der Waals surface area contributed by atoms with E-state index in [9.17, 15) is 9.59 Å². The number of rotatable bonds is 2. The zero-order chi connectivity index (χ0) is 15.7. The largest absolute Gasteiger partial charge is 0.326 e. The van der Waals surface area contributed by atoms with E-state index in [1.165, 1.54) is 0 Å². The first kappa shape index (κ1) is 15.0. The maximum atomic E-state index is 12.4. The van der Waals surface area contributed by atoms with Gasteiger partial charge in [0.1, 0.15) is 0 Å². The molecule has 0 spiro atoms. The van der Waals surface area contributed by atoms with E-state index in [-0.39, 0.29) is 17.7 Å². The molecule has 2 N–H and O–H groups in total. The molecule has 2 aliphatic rings. The third-order valence-electron chi connectivity index (χ3n) is 4.85. The van der Waals surface area contributed by atoms with Gasteiger partial charge in [-0.1, -0.05) is 6.07 Å². The molecule has 0 saturated carbocycles. The van der Waals surface area contributed by atoms with Crippen molar-refractivity contribution in [3.8, 4) is 0 Å². The van der Waals surface area contributed by atoms with Crippen LogP contribution in [0.3, 0.4) is 0 Å². The highest BCUT2D eigenvalue weighted by atomic mass is 16.2. The van der Waals surface area contributed by atoms with Gasteiger partial charge < -0.3 is 15.5 Å². The lowest BCUT2D eigenvalue weighted by Crippen LogP contribution is -2.41. The molecular formula is C17H23N3O2. The Morgan fingerprint density at radius 2 is 2.18 bits per heavy atom. The van der Waals surface area contributed by atoms with Crippen LogP contribution in [-0.4, -0.2) is 36.3 Å². The highest BCUT2D eigenvalue weighted by Crippen LogP contribution is 2.27. The van der Waals surface area contributed by atoms with Crippen LogP contribution in [0.5, 0.6) is 0 Å². The quantitative estimate of drug-likeness (QED) is 0.880. The second-order valence-corrected chi connectivity index (χ2v) is 6.46. The van der Waals surface area contributed by atoms with Gasteiger partial charge in [-0.3, -0.25) is 9.59 Å². The molecular weight excluding hydrogens is 278 g/mol. The molecule has 0 aromatic heterocycles. The second-order valence-electron chi connectivity index (χ2n) is 6.46. The minimum absolute atomic E-state index is 0.0418. The molecule has 2 atom stereocenters. The molecule has 2 amide bonds. The van der Waals surface area contributed by atoms with Crippen molar-refractivity contribution in [1.29, 1.82) is 0 Å². The van der Waals surface area contributed by atoms with Crippen LogP contribution in [0.4, 0.5) is 11.4 Å². The summed E-state index contributed by atoms with van der Waals surface area (Å²) in [6.45, 7) is 3.12. The predicted molar refractivity (Wildman–Crippen MR) is 86.8 cm³/mol. The number of carbonyl (C=O) groups is 2. The summed E-state index contributed by atoms with van der Waals surface area (Å²) in [4.78, 5) is 26.2. The molecule has 0 unspecified atom stereocenters. The van der Waals surface area contributed by atoms with Crippen LogP contribution >= 0.6 is 0 Å². The minimum Gasteiger partial charge on any atom is -0.326 e. The molecule has 2 aliphatic heterocycles. The fourth-order valence-electron chi connectivity index (χ4n) is 3.22. The number of carbonyl (C=O) groups excluding carboxylic acids is 2. The first-order chi connectivity index (χ1) is 10.5. The lowest BCUT2D eigenvalue weighted by molar-refractivity contribution is -0.121. The predicted octanol–water partition coefficient (Wildman–Crippen LogP) is 2.24. The molecule has 0 aliphatic carbocycles. The molecule has 5 heteroatoms. The standard InChI is InChI=1S/C17H23N3O2/c1-11-9-13(7-8-20(11)2)17(22)18-14-5-3-12-4-6-16(21)19-15(12)10-14/h3,5,10-11,13H,4,6-9H2,1-2H3,(H,18,22)(H,19,21)/t11-,13-/m0/s1. The number of hydrogen-bond acceptors (Lipinski definition) is 3. The number of benzene rings is 1. The number of likely N-dealkylation sites (tertiary alicyclic amines) is 1. The number of fused-ring (bicyclic) bond motifs is 1. The number of hydrogen-bond donors (Lipinski definition) is 2. The molecule has 2 heterocycles. The average Bonchev–Trinajstić information content (AvgIpc) is 2.49. The van der Waals surface area contributed by atoms with Crippen molar-refractivity contribution >= 4 is 23.2 Å². The second kappa shape index (κ2) is 6.08. The van der Waals surface area contributed by atoms with Gasteiger partial charge in [0.25, 0.3) is 0 Å². The normalized spacial score (nSPS) is 25.3. The molecule has 1 aromatic carbocycles. The molecule has 118 valence electrons. The summed E-state index contributed by atoms with van der Waals surface area (Å²) in [7, 11) is 2.10. The first-order valence-electron chi connectivity index (χ1n) is 7.97. The highest BCUT2D eigenvalue weighted by molar-refractivity contribution is 5.97. The van der Waals surface area contributed by atoms with Crippen molar-refractivity contribution in [1.82, 2.24) is 4.90 Å². The summed E-state index contributed by atoms with van der Waals surface area (Å²) in [5.74, 6) is 0.193. The average molecular weight is 301 g/mol. The van der Waals surface area contributed by atoms with Crippen LogP contribution in [0, 0.1) is 5.92 Å². The molecule has 0 radical (unpaired) electrons. The SMILES string of the molecule is C[C@H]1C[C@@H](C(=O)Nc2ccc3c(c2)NC(=O)CC3)CCN1C.